The number of thiazole rings is 1. The topological polar surface area (TPSA) is 145 Å². The highest BCUT2D eigenvalue weighted by atomic mass is 32.2. The molecule has 0 spiro atoms. The van der Waals surface area contributed by atoms with Crippen LogP contribution in [0.2, 0.25) is 0 Å². The third-order valence-electron chi connectivity index (χ3n) is 5.14. The summed E-state index contributed by atoms with van der Waals surface area (Å²) in [4.78, 5) is 48.4. The Morgan fingerprint density at radius 3 is 2.84 bits per heavy atom. The first kappa shape index (κ1) is 21.6. The highest BCUT2D eigenvalue weighted by Crippen LogP contribution is 2.43. The van der Waals surface area contributed by atoms with Gasteiger partial charge in [0.05, 0.1) is 13.2 Å². The molecule has 2 saturated heterocycles. The molecular formula is C18H21N5O6S2. The van der Waals surface area contributed by atoms with Crippen molar-refractivity contribution in [3.05, 3.63) is 22.3 Å². The number of nitrogens with zero attached hydrogens (tertiary/aromatic N) is 3. The van der Waals surface area contributed by atoms with Crippen LogP contribution in [0.5, 0.6) is 0 Å². The quantitative estimate of drug-likeness (QED) is 0.257. The Morgan fingerprint density at radius 1 is 1.42 bits per heavy atom. The van der Waals surface area contributed by atoms with Crippen molar-refractivity contribution in [3.8, 4) is 0 Å². The molecule has 13 heteroatoms. The Kier molecular flexibility index (Phi) is 6.16. The molecule has 3 aliphatic rings. The number of fused-ring (bicyclic) bond motifs is 1. The first-order valence-corrected chi connectivity index (χ1v) is 11.4. The molecule has 0 radical (unpaired) electrons. The van der Waals surface area contributed by atoms with E-state index in [1.54, 1.807) is 5.38 Å². The number of rotatable bonds is 6. The number of carbonyl (C=O) groups is 3. The van der Waals surface area contributed by atoms with Crippen molar-refractivity contribution in [1.29, 1.82) is 0 Å². The fraction of sp³-hybridized carbons (Fsp3) is 0.500. The number of esters is 1. The molecule has 0 aromatic carbocycles. The molecule has 0 bridgehead atoms. The summed E-state index contributed by atoms with van der Waals surface area (Å²) in [5.74, 6) is -1.12. The Balaban J connectivity index is 1.55. The van der Waals surface area contributed by atoms with Crippen LogP contribution in [0.25, 0.3) is 0 Å². The normalized spacial score (nSPS) is 25.7. The summed E-state index contributed by atoms with van der Waals surface area (Å²) in [7, 11) is 2.58. The van der Waals surface area contributed by atoms with Crippen LogP contribution in [-0.2, 0) is 28.7 Å². The summed E-state index contributed by atoms with van der Waals surface area (Å²) in [6.45, 7) is 0.617. The lowest BCUT2D eigenvalue weighted by Gasteiger charge is -2.50. The van der Waals surface area contributed by atoms with E-state index in [9.17, 15) is 14.4 Å². The van der Waals surface area contributed by atoms with Crippen LogP contribution in [0, 0.1) is 0 Å². The van der Waals surface area contributed by atoms with Gasteiger partial charge in [0.2, 0.25) is 0 Å². The molecule has 0 saturated carbocycles. The average molecular weight is 468 g/mol. The fourth-order valence-electron chi connectivity index (χ4n) is 3.73. The number of carbonyl (C=O) groups excluding carboxylic acids is 3. The molecule has 166 valence electrons. The van der Waals surface area contributed by atoms with E-state index in [0.717, 1.165) is 29.8 Å². The zero-order valence-corrected chi connectivity index (χ0v) is 18.5. The number of ether oxygens (including phenoxy) is 2. The average Bonchev–Trinajstić information content (AvgIpc) is 3.45. The van der Waals surface area contributed by atoms with Gasteiger partial charge in [0.25, 0.3) is 11.8 Å². The van der Waals surface area contributed by atoms with Gasteiger partial charge in [-0.2, -0.15) is 0 Å². The Labute approximate surface area is 186 Å². The zero-order chi connectivity index (χ0) is 22.1. The molecule has 3 N–H and O–H groups in total. The molecule has 2 amide bonds. The third-order valence-corrected chi connectivity index (χ3v) is 7.12. The summed E-state index contributed by atoms with van der Waals surface area (Å²) in [6.07, 6.45) is 1.47. The summed E-state index contributed by atoms with van der Waals surface area (Å²) in [5.41, 5.74) is 6.76. The minimum atomic E-state index is -0.832. The standard InChI is InChI=1S/C18H21N5O6S2/c1-27-17(26)13-8(10-4-3-5-29-10)6-30-16-12(15(25)23(13)16)21-14(24)11(22-28-2)9-7-31-18(19)20-9/h7,10,12,16H,3-6H2,1-2H3,(H2,19,20)(H,21,24)/t10-,12+,16+/m0/s1. The number of nitrogen functional groups attached to an aromatic ring is 1. The van der Waals surface area contributed by atoms with E-state index in [-0.39, 0.29) is 28.3 Å². The lowest BCUT2D eigenvalue weighted by molar-refractivity contribution is -0.151. The second-order valence-electron chi connectivity index (χ2n) is 6.92. The van der Waals surface area contributed by atoms with Gasteiger partial charge in [-0.25, -0.2) is 9.78 Å². The number of oxime groups is 1. The van der Waals surface area contributed by atoms with Crippen molar-refractivity contribution in [2.24, 2.45) is 5.16 Å². The number of aromatic nitrogens is 1. The van der Waals surface area contributed by atoms with E-state index in [0.29, 0.717) is 12.4 Å². The number of β-lactam (4-membered cyclic amide) rings is 1. The number of hydrogen-bond donors (Lipinski definition) is 2. The van der Waals surface area contributed by atoms with Gasteiger partial charge in [0, 0.05) is 17.7 Å². The van der Waals surface area contributed by atoms with Crippen molar-refractivity contribution in [2.45, 2.75) is 30.4 Å². The van der Waals surface area contributed by atoms with Gasteiger partial charge >= 0.3 is 5.97 Å². The van der Waals surface area contributed by atoms with Crippen molar-refractivity contribution in [2.75, 3.05) is 32.3 Å². The molecule has 11 nitrogen and oxygen atoms in total. The van der Waals surface area contributed by atoms with Crippen LogP contribution in [0.3, 0.4) is 0 Å². The Hall–Kier alpha value is -2.64. The molecule has 1 aromatic heterocycles. The van der Waals surface area contributed by atoms with Crippen molar-refractivity contribution < 1.29 is 28.7 Å². The lowest BCUT2D eigenvalue weighted by Crippen LogP contribution is -2.71. The second kappa shape index (κ2) is 8.85. The monoisotopic (exact) mass is 467 g/mol. The predicted molar refractivity (Wildman–Crippen MR) is 113 cm³/mol. The van der Waals surface area contributed by atoms with Crippen molar-refractivity contribution >= 4 is 51.7 Å². The van der Waals surface area contributed by atoms with E-state index in [1.807, 2.05) is 0 Å². The van der Waals surface area contributed by atoms with E-state index >= 15 is 0 Å². The molecule has 3 atom stereocenters. The Bertz CT molecular complexity index is 970. The van der Waals surface area contributed by atoms with E-state index in [2.05, 4.69) is 15.5 Å². The van der Waals surface area contributed by atoms with Crippen molar-refractivity contribution in [1.82, 2.24) is 15.2 Å². The van der Waals surface area contributed by atoms with Gasteiger partial charge in [-0.1, -0.05) is 5.16 Å². The molecule has 4 rings (SSSR count). The summed E-state index contributed by atoms with van der Waals surface area (Å²) >= 11 is 2.61. The van der Waals surface area contributed by atoms with Crippen LogP contribution in [0.4, 0.5) is 5.13 Å². The van der Waals surface area contributed by atoms with Crippen LogP contribution >= 0.6 is 23.1 Å². The molecule has 1 aromatic rings. The number of thioether (sulfide) groups is 1. The maximum atomic E-state index is 13.0. The lowest BCUT2D eigenvalue weighted by atomic mass is 9.99. The number of nitrogens with two attached hydrogens (primary N) is 1. The summed E-state index contributed by atoms with van der Waals surface area (Å²) < 4.78 is 10.7. The first-order chi connectivity index (χ1) is 15.0. The van der Waals surface area contributed by atoms with Crippen LogP contribution in [-0.4, -0.2) is 77.5 Å². The molecule has 0 aliphatic carbocycles. The van der Waals surface area contributed by atoms with Crippen LogP contribution in [0.15, 0.2) is 21.8 Å². The summed E-state index contributed by atoms with van der Waals surface area (Å²) in [6, 6.07) is -0.832. The number of amides is 2. The smallest absolute Gasteiger partial charge is 0.354 e. The second-order valence-corrected chi connectivity index (χ2v) is 8.92. The minimum Gasteiger partial charge on any atom is -0.464 e. The van der Waals surface area contributed by atoms with E-state index in [4.69, 9.17) is 20.0 Å². The highest BCUT2D eigenvalue weighted by Gasteiger charge is 2.55. The van der Waals surface area contributed by atoms with Gasteiger partial charge in [-0.15, -0.1) is 23.1 Å². The maximum Gasteiger partial charge on any atom is 0.354 e. The molecule has 4 heterocycles. The Morgan fingerprint density at radius 2 is 2.23 bits per heavy atom. The van der Waals surface area contributed by atoms with Crippen LogP contribution < -0.4 is 11.1 Å². The SMILES string of the molecule is CON=C(C(=O)N[C@@H]1C(=O)N2C(C(=O)OC)=C([C@@H]3CCCO3)CS[C@H]12)c1csc(N)n1. The largest absolute Gasteiger partial charge is 0.464 e. The molecule has 31 heavy (non-hydrogen) atoms. The number of anilines is 1. The third kappa shape index (κ3) is 3.88. The molecular weight excluding hydrogens is 446 g/mol. The maximum absolute atomic E-state index is 13.0. The predicted octanol–water partition coefficient (Wildman–Crippen LogP) is 0.0818. The number of hydrogen-bond acceptors (Lipinski definition) is 11. The van der Waals surface area contributed by atoms with E-state index < -0.39 is 29.2 Å². The molecule has 0 unspecified atom stereocenters. The summed E-state index contributed by atoms with van der Waals surface area (Å²) in [5, 5.41) is 7.81. The zero-order valence-electron chi connectivity index (χ0n) is 16.8. The van der Waals surface area contributed by atoms with Gasteiger partial charge in [-0.3, -0.25) is 14.5 Å². The van der Waals surface area contributed by atoms with Crippen molar-refractivity contribution in [3.63, 3.8) is 0 Å². The highest BCUT2D eigenvalue weighted by molar-refractivity contribution is 8.00. The first-order valence-electron chi connectivity index (χ1n) is 9.47. The van der Waals surface area contributed by atoms with Gasteiger partial charge in [0.1, 0.15) is 29.9 Å². The van der Waals surface area contributed by atoms with E-state index in [1.165, 1.54) is 30.9 Å². The van der Waals surface area contributed by atoms with Gasteiger partial charge in [-0.05, 0) is 18.4 Å². The van der Waals surface area contributed by atoms with Gasteiger partial charge in [0.15, 0.2) is 10.8 Å². The minimum absolute atomic E-state index is 0.0914. The fourth-order valence-corrected chi connectivity index (χ4v) is 5.69. The molecule has 3 aliphatic heterocycles. The van der Waals surface area contributed by atoms with Crippen LogP contribution in [0.1, 0.15) is 18.5 Å². The molecule has 2 fully saturated rings. The number of methoxy groups -OCH3 is 1. The number of nitrogens with one attached hydrogen (secondary N) is 1. The van der Waals surface area contributed by atoms with Gasteiger partial charge < -0.3 is 25.4 Å².